The van der Waals surface area contributed by atoms with E-state index in [1.807, 2.05) is 0 Å². The zero-order valence-electron chi connectivity index (χ0n) is 7.38. The van der Waals surface area contributed by atoms with Crippen LogP contribution in [0.3, 0.4) is 0 Å². The number of rotatable bonds is 2. The summed E-state index contributed by atoms with van der Waals surface area (Å²) < 4.78 is 36.4. The quantitative estimate of drug-likeness (QED) is 0.769. The molecule has 1 atom stereocenters. The molecule has 0 bridgehead atoms. The molecule has 0 saturated carbocycles. The number of alkyl halides is 3. The molecule has 2 nitrogen and oxygen atoms in total. The maximum absolute atomic E-state index is 12.1. The highest BCUT2D eigenvalue weighted by molar-refractivity contribution is 5.26. The zero-order valence-corrected chi connectivity index (χ0v) is 7.38. The van der Waals surface area contributed by atoms with Crippen LogP contribution < -0.4 is 11.5 Å². The molecule has 5 heteroatoms. The molecule has 0 aliphatic rings. The second kappa shape index (κ2) is 3.98. The number of hydrogen-bond acceptors (Lipinski definition) is 2. The van der Waals surface area contributed by atoms with Crippen molar-refractivity contribution in [2.24, 2.45) is 11.5 Å². The summed E-state index contributed by atoms with van der Waals surface area (Å²) in [5.41, 5.74) is 10.8. The van der Waals surface area contributed by atoms with Gasteiger partial charge in [0.1, 0.15) is 0 Å². The lowest BCUT2D eigenvalue weighted by Crippen LogP contribution is -2.20. The van der Waals surface area contributed by atoms with Crippen molar-refractivity contribution in [2.75, 3.05) is 6.54 Å². The molecule has 0 spiro atoms. The van der Waals surface area contributed by atoms with Crippen molar-refractivity contribution in [3.05, 3.63) is 35.4 Å². The van der Waals surface area contributed by atoms with Crippen molar-refractivity contribution in [1.82, 2.24) is 0 Å². The summed E-state index contributed by atoms with van der Waals surface area (Å²) >= 11 is 0. The van der Waals surface area contributed by atoms with Crippen molar-refractivity contribution in [3.63, 3.8) is 0 Å². The average Bonchev–Trinajstić information content (AvgIpc) is 2.15. The Morgan fingerprint density at radius 2 is 1.64 bits per heavy atom. The minimum Gasteiger partial charge on any atom is -0.329 e. The van der Waals surface area contributed by atoms with Crippen molar-refractivity contribution in [1.29, 1.82) is 0 Å². The molecule has 0 aromatic heterocycles. The monoisotopic (exact) mass is 204 g/mol. The van der Waals surface area contributed by atoms with E-state index in [4.69, 9.17) is 11.5 Å². The summed E-state index contributed by atoms with van der Waals surface area (Å²) in [6.45, 7) is 0.214. The molecule has 1 aromatic carbocycles. The second-order valence-electron chi connectivity index (χ2n) is 2.96. The summed E-state index contributed by atoms with van der Waals surface area (Å²) in [6.07, 6.45) is -4.30. The Hall–Kier alpha value is -1.07. The van der Waals surface area contributed by atoms with Gasteiger partial charge < -0.3 is 11.5 Å². The van der Waals surface area contributed by atoms with Crippen molar-refractivity contribution in [2.45, 2.75) is 12.2 Å². The molecule has 0 aliphatic carbocycles. The summed E-state index contributed by atoms with van der Waals surface area (Å²) in [5, 5.41) is 0. The molecule has 0 fully saturated rings. The lowest BCUT2D eigenvalue weighted by molar-refractivity contribution is -0.137. The third kappa shape index (κ3) is 2.46. The molecule has 78 valence electrons. The fourth-order valence-corrected chi connectivity index (χ4v) is 1.06. The maximum atomic E-state index is 12.1. The topological polar surface area (TPSA) is 52.0 Å². The van der Waals surface area contributed by atoms with Crippen LogP contribution in [0.25, 0.3) is 0 Å². The van der Waals surface area contributed by atoms with Crippen molar-refractivity contribution in [3.8, 4) is 0 Å². The van der Waals surface area contributed by atoms with Crippen LogP contribution in [0.1, 0.15) is 17.2 Å². The molecule has 0 amide bonds. The first-order valence-electron chi connectivity index (χ1n) is 4.08. The third-order valence-corrected chi connectivity index (χ3v) is 1.92. The predicted octanol–water partition coefficient (Wildman–Crippen LogP) is 1.66. The van der Waals surface area contributed by atoms with Gasteiger partial charge >= 0.3 is 6.18 Å². The van der Waals surface area contributed by atoms with E-state index in [1.165, 1.54) is 12.1 Å². The molecule has 4 N–H and O–H groups in total. The first-order valence-corrected chi connectivity index (χ1v) is 4.08. The van der Waals surface area contributed by atoms with Crippen LogP contribution in [0.15, 0.2) is 24.3 Å². The van der Waals surface area contributed by atoms with Crippen LogP contribution in [-0.2, 0) is 6.18 Å². The van der Waals surface area contributed by atoms with Gasteiger partial charge in [0, 0.05) is 12.6 Å². The molecule has 0 saturated heterocycles. The van der Waals surface area contributed by atoms with E-state index in [9.17, 15) is 13.2 Å². The van der Waals surface area contributed by atoms with Gasteiger partial charge in [0.25, 0.3) is 0 Å². The molecule has 1 rings (SSSR count). The summed E-state index contributed by atoms with van der Waals surface area (Å²) in [7, 11) is 0. The van der Waals surface area contributed by atoms with Gasteiger partial charge in [-0.15, -0.1) is 0 Å². The number of halogens is 3. The van der Waals surface area contributed by atoms with Crippen LogP contribution in [0, 0.1) is 0 Å². The van der Waals surface area contributed by atoms with E-state index >= 15 is 0 Å². The van der Waals surface area contributed by atoms with Crippen molar-refractivity contribution >= 4 is 0 Å². The van der Waals surface area contributed by atoms with Gasteiger partial charge in [-0.05, 0) is 17.7 Å². The fourth-order valence-electron chi connectivity index (χ4n) is 1.06. The Morgan fingerprint density at radius 1 is 1.14 bits per heavy atom. The highest BCUT2D eigenvalue weighted by atomic mass is 19.4. The highest BCUT2D eigenvalue weighted by Crippen LogP contribution is 2.29. The lowest BCUT2D eigenvalue weighted by atomic mass is 10.1. The Kier molecular flexibility index (Phi) is 3.13. The Morgan fingerprint density at radius 3 is 2.00 bits per heavy atom. The van der Waals surface area contributed by atoms with E-state index < -0.39 is 17.8 Å². The summed E-state index contributed by atoms with van der Waals surface area (Å²) in [5.74, 6) is 0. The molecular weight excluding hydrogens is 193 g/mol. The molecule has 14 heavy (non-hydrogen) atoms. The fraction of sp³-hybridized carbons (Fsp3) is 0.333. The van der Waals surface area contributed by atoms with Crippen LogP contribution >= 0.6 is 0 Å². The molecule has 0 unspecified atom stereocenters. The van der Waals surface area contributed by atoms with Crippen LogP contribution in [0.5, 0.6) is 0 Å². The molecule has 0 radical (unpaired) electrons. The van der Waals surface area contributed by atoms with Crippen LogP contribution in [-0.4, -0.2) is 6.54 Å². The first-order chi connectivity index (χ1) is 6.45. The maximum Gasteiger partial charge on any atom is 0.416 e. The van der Waals surface area contributed by atoms with E-state index in [1.54, 1.807) is 0 Å². The Labute approximate surface area is 79.7 Å². The molecule has 0 aliphatic heterocycles. The van der Waals surface area contributed by atoms with E-state index in [-0.39, 0.29) is 6.54 Å². The summed E-state index contributed by atoms with van der Waals surface area (Å²) in [4.78, 5) is 0. The number of benzene rings is 1. The molecular formula is C9H11F3N2. The predicted molar refractivity (Wildman–Crippen MR) is 47.4 cm³/mol. The summed E-state index contributed by atoms with van der Waals surface area (Å²) in [6, 6.07) is 4.30. The number of nitrogens with two attached hydrogens (primary N) is 2. The van der Waals surface area contributed by atoms with Crippen molar-refractivity contribution < 1.29 is 13.2 Å². The first kappa shape index (κ1) is 11.0. The minimum absolute atomic E-state index is 0.214. The normalized spacial score (nSPS) is 14.1. The minimum atomic E-state index is -4.30. The van der Waals surface area contributed by atoms with Gasteiger partial charge in [0.15, 0.2) is 0 Å². The molecule has 0 heterocycles. The van der Waals surface area contributed by atoms with E-state index in [2.05, 4.69) is 0 Å². The number of hydrogen-bond donors (Lipinski definition) is 2. The Balaban J connectivity index is 2.89. The van der Waals surface area contributed by atoms with Gasteiger partial charge in [-0.2, -0.15) is 13.2 Å². The Bertz CT molecular complexity index is 292. The SMILES string of the molecule is NC[C@@H](N)c1ccc(C(F)(F)F)cc1. The van der Waals surface area contributed by atoms with Gasteiger partial charge in [0.2, 0.25) is 0 Å². The lowest BCUT2D eigenvalue weighted by Gasteiger charge is -2.11. The van der Waals surface area contributed by atoms with E-state index in [0.717, 1.165) is 12.1 Å². The second-order valence-corrected chi connectivity index (χ2v) is 2.96. The largest absolute Gasteiger partial charge is 0.416 e. The van der Waals surface area contributed by atoms with Gasteiger partial charge in [-0.25, -0.2) is 0 Å². The van der Waals surface area contributed by atoms with Crippen LogP contribution in [0.2, 0.25) is 0 Å². The molecule has 1 aromatic rings. The highest BCUT2D eigenvalue weighted by Gasteiger charge is 2.30. The third-order valence-electron chi connectivity index (χ3n) is 1.92. The average molecular weight is 204 g/mol. The van der Waals surface area contributed by atoms with E-state index in [0.29, 0.717) is 5.56 Å². The standard InChI is InChI=1S/C9H11F3N2/c10-9(11,12)7-3-1-6(2-4-7)8(14)5-13/h1-4,8H,5,13-14H2/t8-/m1/s1. The van der Waals surface area contributed by atoms with Crippen LogP contribution in [0.4, 0.5) is 13.2 Å². The van der Waals surface area contributed by atoms with Gasteiger partial charge in [-0.3, -0.25) is 0 Å². The smallest absolute Gasteiger partial charge is 0.329 e. The zero-order chi connectivity index (χ0) is 10.8. The van der Waals surface area contributed by atoms with Gasteiger partial charge in [0.05, 0.1) is 5.56 Å². The van der Waals surface area contributed by atoms with Gasteiger partial charge in [-0.1, -0.05) is 12.1 Å².